The van der Waals surface area contributed by atoms with E-state index in [-0.39, 0.29) is 0 Å². The van der Waals surface area contributed by atoms with Gasteiger partial charge in [-0.3, -0.25) is 0 Å². The van der Waals surface area contributed by atoms with E-state index in [0.29, 0.717) is 38.2 Å². The van der Waals surface area contributed by atoms with Crippen molar-refractivity contribution in [3.05, 3.63) is 29.3 Å². The highest BCUT2D eigenvalue weighted by molar-refractivity contribution is 5.33. The van der Waals surface area contributed by atoms with E-state index in [1.165, 1.54) is 17.5 Å². The van der Waals surface area contributed by atoms with Gasteiger partial charge in [0.25, 0.3) is 0 Å². The maximum atomic E-state index is 10.1. The number of rotatable bonds is 8. The van der Waals surface area contributed by atoms with Gasteiger partial charge in [0.1, 0.15) is 12.4 Å². The molecule has 136 valence electrons. The fourth-order valence-corrected chi connectivity index (χ4v) is 3.53. The molecule has 1 heterocycles. The predicted octanol–water partition coefficient (Wildman–Crippen LogP) is 3.04. The summed E-state index contributed by atoms with van der Waals surface area (Å²) in [4.78, 5) is 2.36. The number of aliphatic hydroxyl groups excluding tert-OH is 1. The number of hydrogen-bond acceptors (Lipinski definition) is 4. The highest BCUT2D eigenvalue weighted by Gasteiger charge is 2.23. The van der Waals surface area contributed by atoms with Crippen LogP contribution in [0.2, 0.25) is 0 Å². The van der Waals surface area contributed by atoms with Gasteiger partial charge in [-0.05, 0) is 55.4 Å². The van der Waals surface area contributed by atoms with Gasteiger partial charge >= 0.3 is 0 Å². The van der Waals surface area contributed by atoms with Crippen molar-refractivity contribution in [3.8, 4) is 5.75 Å². The Kier molecular flexibility index (Phi) is 7.53. The second-order valence-corrected chi connectivity index (χ2v) is 7.49. The minimum absolute atomic E-state index is 0.371. The Labute approximate surface area is 146 Å². The van der Waals surface area contributed by atoms with Gasteiger partial charge in [-0.1, -0.05) is 19.9 Å². The van der Waals surface area contributed by atoms with Crippen molar-refractivity contribution in [1.82, 2.24) is 4.90 Å². The van der Waals surface area contributed by atoms with Gasteiger partial charge in [-0.15, -0.1) is 0 Å². The van der Waals surface area contributed by atoms with E-state index in [1.807, 2.05) is 12.1 Å². The third-order valence-electron chi connectivity index (χ3n) is 4.70. The number of aliphatic hydroxyl groups is 1. The Bertz CT molecular complexity index is 496. The van der Waals surface area contributed by atoms with Crippen molar-refractivity contribution in [3.63, 3.8) is 0 Å². The molecule has 1 N–H and O–H groups in total. The molecular weight excluding hydrogens is 302 g/mol. The molecule has 0 spiro atoms. The van der Waals surface area contributed by atoms with Crippen molar-refractivity contribution >= 4 is 0 Å². The molecule has 1 aromatic carbocycles. The van der Waals surface area contributed by atoms with Crippen LogP contribution in [-0.2, 0) is 4.74 Å². The molecule has 1 aromatic rings. The first-order valence-electron chi connectivity index (χ1n) is 9.12. The lowest BCUT2D eigenvalue weighted by atomic mass is 9.92. The molecule has 0 aromatic heterocycles. The summed E-state index contributed by atoms with van der Waals surface area (Å²) < 4.78 is 11.2. The molecule has 2 rings (SSSR count). The van der Waals surface area contributed by atoms with E-state index < -0.39 is 6.10 Å². The van der Waals surface area contributed by atoms with E-state index in [2.05, 4.69) is 38.7 Å². The van der Waals surface area contributed by atoms with Crippen LogP contribution in [0, 0.1) is 25.7 Å². The standard InChI is InChI=1S/C20H33NO3/c1-15-9-16(2)12-21(11-15)13-19(22)14-23-7-8-24-20-6-5-17(3)18(4)10-20/h5-6,10,15-16,19,22H,7-9,11-14H2,1-4H3/t15-,16+,19-/m1/s1. The topological polar surface area (TPSA) is 41.9 Å². The van der Waals surface area contributed by atoms with Gasteiger partial charge in [0, 0.05) is 19.6 Å². The molecule has 0 aliphatic carbocycles. The first kappa shape index (κ1) is 19.2. The molecular formula is C20H33NO3. The van der Waals surface area contributed by atoms with Crippen molar-refractivity contribution in [2.75, 3.05) is 39.5 Å². The van der Waals surface area contributed by atoms with Crippen LogP contribution in [0.15, 0.2) is 18.2 Å². The highest BCUT2D eigenvalue weighted by atomic mass is 16.5. The Balaban J connectivity index is 1.59. The SMILES string of the molecule is Cc1ccc(OCCOC[C@H](O)CN2C[C@H](C)C[C@H](C)C2)cc1C. The summed E-state index contributed by atoms with van der Waals surface area (Å²) in [6.45, 7) is 13.0. The second-order valence-electron chi connectivity index (χ2n) is 7.49. The van der Waals surface area contributed by atoms with E-state index in [1.54, 1.807) is 0 Å². The fourth-order valence-electron chi connectivity index (χ4n) is 3.53. The molecule has 0 saturated carbocycles. The third kappa shape index (κ3) is 6.42. The van der Waals surface area contributed by atoms with Crippen LogP contribution in [0.25, 0.3) is 0 Å². The summed E-state index contributed by atoms with van der Waals surface area (Å²) >= 11 is 0. The van der Waals surface area contributed by atoms with E-state index in [9.17, 15) is 5.11 Å². The van der Waals surface area contributed by atoms with Gasteiger partial charge < -0.3 is 19.5 Å². The van der Waals surface area contributed by atoms with Gasteiger partial charge in [-0.25, -0.2) is 0 Å². The first-order valence-corrected chi connectivity index (χ1v) is 9.12. The highest BCUT2D eigenvalue weighted by Crippen LogP contribution is 2.21. The number of likely N-dealkylation sites (tertiary alicyclic amines) is 1. The maximum Gasteiger partial charge on any atom is 0.119 e. The summed E-state index contributed by atoms with van der Waals surface area (Å²) in [6.07, 6.45) is 0.864. The molecule has 24 heavy (non-hydrogen) atoms. The molecule has 3 atom stereocenters. The predicted molar refractivity (Wildman–Crippen MR) is 97.6 cm³/mol. The molecule has 0 amide bonds. The van der Waals surface area contributed by atoms with Crippen molar-refractivity contribution in [1.29, 1.82) is 0 Å². The molecule has 1 fully saturated rings. The maximum absolute atomic E-state index is 10.1. The number of β-amino-alcohol motifs (C(OH)–C–C–N with tert-alkyl or cyclic N) is 1. The monoisotopic (exact) mass is 335 g/mol. The van der Waals surface area contributed by atoms with Crippen LogP contribution in [0.3, 0.4) is 0 Å². The summed E-state index contributed by atoms with van der Waals surface area (Å²) in [5.41, 5.74) is 2.50. The molecule has 1 aliphatic rings. The number of piperidine rings is 1. The third-order valence-corrected chi connectivity index (χ3v) is 4.70. The summed E-state index contributed by atoms with van der Waals surface area (Å²) in [5, 5.41) is 10.1. The van der Waals surface area contributed by atoms with Gasteiger partial charge in [0.05, 0.1) is 19.3 Å². The van der Waals surface area contributed by atoms with E-state index >= 15 is 0 Å². The van der Waals surface area contributed by atoms with E-state index in [4.69, 9.17) is 9.47 Å². The number of ether oxygens (including phenoxy) is 2. The molecule has 0 radical (unpaired) electrons. The number of aryl methyl sites for hydroxylation is 2. The zero-order valence-corrected chi connectivity index (χ0v) is 15.6. The minimum Gasteiger partial charge on any atom is -0.491 e. The molecule has 1 aliphatic heterocycles. The van der Waals surface area contributed by atoms with Gasteiger partial charge in [0.2, 0.25) is 0 Å². The Hall–Kier alpha value is -1.10. The van der Waals surface area contributed by atoms with Crippen LogP contribution < -0.4 is 4.74 Å². The fraction of sp³-hybridized carbons (Fsp3) is 0.700. The zero-order chi connectivity index (χ0) is 17.5. The quantitative estimate of drug-likeness (QED) is 0.742. The summed E-state index contributed by atoms with van der Waals surface area (Å²) in [5.74, 6) is 2.31. The Morgan fingerprint density at radius 1 is 1.12 bits per heavy atom. The molecule has 4 nitrogen and oxygen atoms in total. The van der Waals surface area contributed by atoms with Crippen molar-refractivity contribution < 1.29 is 14.6 Å². The molecule has 0 unspecified atom stereocenters. The Morgan fingerprint density at radius 2 is 1.83 bits per heavy atom. The largest absolute Gasteiger partial charge is 0.491 e. The summed E-state index contributed by atoms with van der Waals surface area (Å²) in [7, 11) is 0. The van der Waals surface area contributed by atoms with Crippen molar-refractivity contribution in [2.24, 2.45) is 11.8 Å². The van der Waals surface area contributed by atoms with Crippen LogP contribution in [0.5, 0.6) is 5.75 Å². The average molecular weight is 335 g/mol. The summed E-state index contributed by atoms with van der Waals surface area (Å²) in [6, 6.07) is 6.09. The molecule has 0 bridgehead atoms. The normalized spacial score (nSPS) is 23.2. The smallest absolute Gasteiger partial charge is 0.119 e. The van der Waals surface area contributed by atoms with Crippen molar-refractivity contribution in [2.45, 2.75) is 40.2 Å². The van der Waals surface area contributed by atoms with Gasteiger partial charge in [-0.2, -0.15) is 0 Å². The van der Waals surface area contributed by atoms with Crippen LogP contribution in [0.1, 0.15) is 31.4 Å². The lowest BCUT2D eigenvalue weighted by molar-refractivity contribution is -0.00211. The Morgan fingerprint density at radius 3 is 2.50 bits per heavy atom. The van der Waals surface area contributed by atoms with E-state index in [0.717, 1.165) is 18.8 Å². The zero-order valence-electron chi connectivity index (χ0n) is 15.6. The lowest BCUT2D eigenvalue weighted by Gasteiger charge is -2.35. The lowest BCUT2D eigenvalue weighted by Crippen LogP contribution is -2.43. The molecule has 1 saturated heterocycles. The van der Waals surface area contributed by atoms with Gasteiger partial charge in [0.15, 0.2) is 0 Å². The first-order chi connectivity index (χ1) is 11.4. The molecule has 4 heteroatoms. The number of nitrogens with zero attached hydrogens (tertiary/aromatic N) is 1. The second kappa shape index (κ2) is 9.40. The minimum atomic E-state index is -0.427. The average Bonchev–Trinajstić information content (AvgIpc) is 2.49. The van der Waals surface area contributed by atoms with Crippen LogP contribution >= 0.6 is 0 Å². The number of hydrogen-bond donors (Lipinski definition) is 1. The van der Waals surface area contributed by atoms with Crippen LogP contribution in [-0.4, -0.2) is 55.6 Å². The van der Waals surface area contributed by atoms with Crippen LogP contribution in [0.4, 0.5) is 0 Å². The number of benzene rings is 1.